The van der Waals surface area contributed by atoms with Gasteiger partial charge >= 0.3 is 0 Å². The monoisotopic (exact) mass is 336 g/mol. The summed E-state index contributed by atoms with van der Waals surface area (Å²) in [6.45, 7) is 3.93. The molecule has 0 aliphatic carbocycles. The number of aryl methyl sites for hydroxylation is 1. The smallest absolute Gasteiger partial charge is 0.251 e. The fourth-order valence-corrected chi connectivity index (χ4v) is 3.32. The number of ether oxygens (including phenoxy) is 1. The molecule has 0 saturated carbocycles. The van der Waals surface area contributed by atoms with Crippen LogP contribution in [0.4, 0.5) is 0 Å². The van der Waals surface area contributed by atoms with E-state index in [1.807, 2.05) is 4.90 Å². The quantitative estimate of drug-likeness (QED) is 0.806. The van der Waals surface area contributed by atoms with Gasteiger partial charge in [-0.1, -0.05) is 0 Å². The summed E-state index contributed by atoms with van der Waals surface area (Å²) >= 11 is 0. The van der Waals surface area contributed by atoms with E-state index in [1.165, 1.54) is 0 Å². The van der Waals surface area contributed by atoms with E-state index in [1.54, 1.807) is 18.9 Å². The van der Waals surface area contributed by atoms with Gasteiger partial charge < -0.3 is 19.0 Å². The second-order valence-corrected chi connectivity index (χ2v) is 6.51. The summed E-state index contributed by atoms with van der Waals surface area (Å²) in [5.41, 5.74) is 0. The first-order valence-corrected chi connectivity index (χ1v) is 8.49. The number of likely N-dealkylation sites (tertiary alicyclic amines) is 1. The molecule has 1 atom stereocenters. The first-order chi connectivity index (χ1) is 11.5. The van der Waals surface area contributed by atoms with Crippen molar-refractivity contribution in [3.63, 3.8) is 0 Å². The standard InChI is InChI=1S/C16H24N4O4/c1-11-17-18-14(24-11)10-19(2)15(21)12-5-7-20(8-6-12)16(22)13-4-3-9-23-13/h12-13H,3-10H2,1-2H3/t13-/m0/s1. The summed E-state index contributed by atoms with van der Waals surface area (Å²) in [6.07, 6.45) is 2.85. The molecule has 8 heteroatoms. The molecule has 0 radical (unpaired) electrons. The van der Waals surface area contributed by atoms with Gasteiger partial charge in [0.2, 0.25) is 17.7 Å². The van der Waals surface area contributed by atoms with Crippen LogP contribution >= 0.6 is 0 Å². The van der Waals surface area contributed by atoms with Gasteiger partial charge in [0, 0.05) is 39.6 Å². The summed E-state index contributed by atoms with van der Waals surface area (Å²) in [5, 5.41) is 7.68. The lowest BCUT2D eigenvalue weighted by Crippen LogP contribution is -2.46. The minimum Gasteiger partial charge on any atom is -0.424 e. The highest BCUT2D eigenvalue weighted by molar-refractivity contribution is 5.82. The Labute approximate surface area is 141 Å². The average Bonchev–Trinajstić information content (AvgIpc) is 3.25. The van der Waals surface area contributed by atoms with Crippen LogP contribution in [0.25, 0.3) is 0 Å². The predicted octanol–water partition coefficient (Wildman–Crippen LogP) is 0.754. The van der Waals surface area contributed by atoms with Crippen molar-refractivity contribution in [2.45, 2.75) is 45.3 Å². The molecule has 24 heavy (non-hydrogen) atoms. The molecule has 3 heterocycles. The molecule has 0 spiro atoms. The van der Waals surface area contributed by atoms with Gasteiger partial charge in [-0.3, -0.25) is 9.59 Å². The Bertz CT molecular complexity index is 589. The zero-order chi connectivity index (χ0) is 17.1. The van der Waals surface area contributed by atoms with Gasteiger partial charge in [0.25, 0.3) is 5.91 Å². The second kappa shape index (κ2) is 7.29. The molecular formula is C16H24N4O4. The van der Waals surface area contributed by atoms with E-state index in [0.717, 1.165) is 12.8 Å². The normalized spacial score (nSPS) is 21.9. The van der Waals surface area contributed by atoms with Gasteiger partial charge in [0.05, 0.1) is 6.54 Å². The molecule has 0 unspecified atom stereocenters. The molecule has 2 aliphatic heterocycles. The maximum atomic E-state index is 12.5. The van der Waals surface area contributed by atoms with Gasteiger partial charge in [0.1, 0.15) is 6.10 Å². The van der Waals surface area contributed by atoms with Crippen LogP contribution in [0, 0.1) is 12.8 Å². The van der Waals surface area contributed by atoms with Crippen LogP contribution in [0.1, 0.15) is 37.5 Å². The lowest BCUT2D eigenvalue weighted by Gasteiger charge is -2.34. The van der Waals surface area contributed by atoms with E-state index in [4.69, 9.17) is 9.15 Å². The van der Waals surface area contributed by atoms with Crippen molar-refractivity contribution in [3.05, 3.63) is 11.8 Å². The summed E-state index contributed by atoms with van der Waals surface area (Å²) in [4.78, 5) is 28.3. The number of hydrogen-bond acceptors (Lipinski definition) is 6. The van der Waals surface area contributed by atoms with E-state index in [0.29, 0.717) is 50.9 Å². The highest BCUT2D eigenvalue weighted by atomic mass is 16.5. The van der Waals surface area contributed by atoms with Gasteiger partial charge in [-0.2, -0.15) is 0 Å². The number of carbonyl (C=O) groups is 2. The minimum absolute atomic E-state index is 0.0624. The fourth-order valence-electron chi connectivity index (χ4n) is 3.32. The zero-order valence-corrected chi connectivity index (χ0v) is 14.2. The number of nitrogens with zero attached hydrogens (tertiary/aromatic N) is 4. The molecule has 132 valence electrons. The first kappa shape index (κ1) is 16.9. The molecule has 8 nitrogen and oxygen atoms in total. The summed E-state index contributed by atoms with van der Waals surface area (Å²) in [7, 11) is 1.74. The van der Waals surface area contributed by atoms with Crippen molar-refractivity contribution >= 4 is 11.8 Å². The highest BCUT2D eigenvalue weighted by Crippen LogP contribution is 2.23. The van der Waals surface area contributed by atoms with Gasteiger partial charge in [0.15, 0.2) is 0 Å². The predicted molar refractivity (Wildman–Crippen MR) is 83.8 cm³/mol. The summed E-state index contributed by atoms with van der Waals surface area (Å²) in [6, 6.07) is 0. The van der Waals surface area contributed by atoms with E-state index in [2.05, 4.69) is 10.2 Å². The molecule has 2 aliphatic rings. The maximum absolute atomic E-state index is 12.5. The van der Waals surface area contributed by atoms with Crippen LogP contribution in [-0.4, -0.2) is 64.7 Å². The van der Waals surface area contributed by atoms with Crippen LogP contribution in [0.3, 0.4) is 0 Å². The number of carbonyl (C=O) groups excluding carboxylic acids is 2. The third kappa shape index (κ3) is 3.75. The Morgan fingerprint density at radius 3 is 2.58 bits per heavy atom. The highest BCUT2D eigenvalue weighted by Gasteiger charge is 2.33. The molecule has 2 amide bonds. The molecular weight excluding hydrogens is 312 g/mol. The van der Waals surface area contributed by atoms with Crippen LogP contribution in [0.15, 0.2) is 4.42 Å². The lowest BCUT2D eigenvalue weighted by molar-refractivity contribution is -0.145. The zero-order valence-electron chi connectivity index (χ0n) is 14.2. The van der Waals surface area contributed by atoms with Crippen LogP contribution in [-0.2, 0) is 20.9 Å². The summed E-state index contributed by atoms with van der Waals surface area (Å²) in [5.74, 6) is 1.01. The molecule has 3 rings (SSSR count). The Morgan fingerprint density at radius 2 is 2.00 bits per heavy atom. The van der Waals surface area contributed by atoms with E-state index >= 15 is 0 Å². The van der Waals surface area contributed by atoms with E-state index < -0.39 is 0 Å². The SMILES string of the molecule is Cc1nnc(CN(C)C(=O)C2CCN(C(=O)[C@@H]3CCCO3)CC2)o1. The number of rotatable bonds is 4. The van der Waals surface area contributed by atoms with Crippen molar-refractivity contribution in [2.24, 2.45) is 5.92 Å². The molecule has 1 aromatic rings. The third-order valence-electron chi connectivity index (χ3n) is 4.68. The Morgan fingerprint density at radius 1 is 1.25 bits per heavy atom. The Hall–Kier alpha value is -1.96. The van der Waals surface area contributed by atoms with Gasteiger partial charge in [-0.25, -0.2) is 0 Å². The number of hydrogen-bond donors (Lipinski definition) is 0. The van der Waals surface area contributed by atoms with Gasteiger partial charge in [-0.15, -0.1) is 10.2 Å². The lowest BCUT2D eigenvalue weighted by atomic mass is 9.95. The second-order valence-electron chi connectivity index (χ2n) is 6.51. The molecule has 2 fully saturated rings. The van der Waals surface area contributed by atoms with Crippen molar-refractivity contribution in [3.8, 4) is 0 Å². The topological polar surface area (TPSA) is 88.8 Å². The summed E-state index contributed by atoms with van der Waals surface area (Å²) < 4.78 is 10.8. The number of piperidine rings is 1. The largest absolute Gasteiger partial charge is 0.424 e. The first-order valence-electron chi connectivity index (χ1n) is 8.49. The van der Waals surface area contributed by atoms with Crippen LogP contribution < -0.4 is 0 Å². The van der Waals surface area contributed by atoms with Crippen molar-refractivity contribution in [1.29, 1.82) is 0 Å². The fraction of sp³-hybridized carbons (Fsp3) is 0.750. The van der Waals surface area contributed by atoms with Crippen LogP contribution in [0.2, 0.25) is 0 Å². The Balaban J connectivity index is 1.48. The van der Waals surface area contributed by atoms with Crippen molar-refractivity contribution < 1.29 is 18.7 Å². The number of amides is 2. The molecule has 1 aromatic heterocycles. The Kier molecular flexibility index (Phi) is 5.13. The van der Waals surface area contributed by atoms with Crippen molar-refractivity contribution in [2.75, 3.05) is 26.7 Å². The maximum Gasteiger partial charge on any atom is 0.251 e. The average molecular weight is 336 g/mol. The molecule has 2 saturated heterocycles. The van der Waals surface area contributed by atoms with Gasteiger partial charge in [-0.05, 0) is 25.7 Å². The molecule has 0 N–H and O–H groups in total. The van der Waals surface area contributed by atoms with Crippen molar-refractivity contribution in [1.82, 2.24) is 20.0 Å². The number of aromatic nitrogens is 2. The third-order valence-corrected chi connectivity index (χ3v) is 4.68. The minimum atomic E-state index is -0.277. The molecule has 0 aromatic carbocycles. The van der Waals surface area contributed by atoms with E-state index in [-0.39, 0.29) is 23.8 Å². The molecule has 0 bridgehead atoms. The van der Waals surface area contributed by atoms with E-state index in [9.17, 15) is 9.59 Å². The van der Waals surface area contributed by atoms with Crippen LogP contribution in [0.5, 0.6) is 0 Å².